The fraction of sp³-hybridized carbons (Fsp3) is 0.452. The van der Waals surface area contributed by atoms with Gasteiger partial charge in [0.25, 0.3) is 0 Å². The quantitative estimate of drug-likeness (QED) is 0.236. The summed E-state index contributed by atoms with van der Waals surface area (Å²) >= 11 is 3.67. The third kappa shape index (κ3) is 3.33. The monoisotopic (exact) mass is 621 g/mol. The van der Waals surface area contributed by atoms with Gasteiger partial charge in [-0.1, -0.05) is 0 Å². The van der Waals surface area contributed by atoms with Gasteiger partial charge in [0, 0.05) is 4.90 Å². The Morgan fingerprint density at radius 1 is 0.974 bits per heavy atom. The van der Waals surface area contributed by atoms with Gasteiger partial charge in [0.2, 0.25) is 0 Å². The first-order chi connectivity index (χ1) is 18.2. The molecule has 2 atom stereocenters. The fourth-order valence-electron chi connectivity index (χ4n) is 7.81. The molecule has 0 aromatic heterocycles. The van der Waals surface area contributed by atoms with Crippen molar-refractivity contribution in [3.05, 3.63) is 70.4 Å². The van der Waals surface area contributed by atoms with Crippen LogP contribution in [0.2, 0.25) is 0 Å². The average molecular weight is 622 g/mol. The zero-order valence-electron chi connectivity index (χ0n) is 22.5. The molecule has 8 rings (SSSR count). The summed E-state index contributed by atoms with van der Waals surface area (Å²) in [6.07, 6.45) is 5.06. The van der Waals surface area contributed by atoms with Crippen LogP contribution in [-0.4, -0.2) is 59.4 Å². The topological polar surface area (TPSA) is 15.5 Å². The van der Waals surface area contributed by atoms with Crippen LogP contribution in [0.15, 0.2) is 64.2 Å². The maximum atomic E-state index is 7.01. The van der Waals surface area contributed by atoms with Gasteiger partial charge in [-0.05, 0) is 6.07 Å². The van der Waals surface area contributed by atoms with Crippen molar-refractivity contribution in [2.45, 2.75) is 68.5 Å². The van der Waals surface area contributed by atoms with Gasteiger partial charge in [0.15, 0.2) is 0 Å². The van der Waals surface area contributed by atoms with Crippen molar-refractivity contribution < 1.29 is 9.31 Å². The van der Waals surface area contributed by atoms with Gasteiger partial charge in [-0.2, -0.15) is 0 Å². The number of ether oxygens (including phenoxy) is 1. The zero-order chi connectivity index (χ0) is 26.0. The maximum absolute atomic E-state index is 7.01. The van der Waals surface area contributed by atoms with E-state index >= 15 is 0 Å². The van der Waals surface area contributed by atoms with Crippen LogP contribution in [0.5, 0.6) is 0 Å². The van der Waals surface area contributed by atoms with Crippen LogP contribution in [0.4, 0.5) is 11.4 Å². The molecule has 0 radical (unpaired) electrons. The van der Waals surface area contributed by atoms with Crippen LogP contribution in [0, 0.1) is 0 Å². The molecule has 6 heterocycles. The second-order valence-electron chi connectivity index (χ2n) is 12.3. The number of anilines is 1. The van der Waals surface area contributed by atoms with Crippen molar-refractivity contribution >= 4 is 66.5 Å². The van der Waals surface area contributed by atoms with Crippen LogP contribution < -0.4 is 9.25 Å². The zero-order valence-corrected chi connectivity index (χ0v) is 26.9. The summed E-state index contributed by atoms with van der Waals surface area (Å²) < 4.78 is 11.2. The third-order valence-corrected chi connectivity index (χ3v) is 23.4. The Balaban J connectivity index is 1.28. The molecule has 1 saturated heterocycles. The van der Waals surface area contributed by atoms with Crippen molar-refractivity contribution in [2.24, 2.45) is 0 Å². The molecule has 0 aliphatic carbocycles. The first-order valence-corrected chi connectivity index (χ1v) is 21.7. The molecule has 0 N–H and O–H groups in total. The Hall–Kier alpha value is -1.04. The summed E-state index contributed by atoms with van der Waals surface area (Å²) in [6, 6.07) is 14.2. The van der Waals surface area contributed by atoms with Gasteiger partial charge < -0.3 is 0 Å². The number of hydrogen-bond acceptors (Lipinski definition) is 5. The van der Waals surface area contributed by atoms with Gasteiger partial charge in [0.1, 0.15) is 0 Å². The molecule has 6 aliphatic heterocycles. The van der Waals surface area contributed by atoms with E-state index in [1.165, 1.54) is 56.6 Å². The summed E-state index contributed by atoms with van der Waals surface area (Å²) in [4.78, 5) is 3.67. The van der Waals surface area contributed by atoms with Crippen molar-refractivity contribution in [3.8, 4) is 0 Å². The number of benzene rings is 2. The molecule has 1 fully saturated rings. The van der Waals surface area contributed by atoms with E-state index in [1.54, 1.807) is 4.35 Å². The Bertz CT molecular complexity index is 1500. The number of fused-ring (bicyclic) bond motifs is 8. The van der Waals surface area contributed by atoms with E-state index in [9.17, 15) is 0 Å². The van der Waals surface area contributed by atoms with Crippen LogP contribution in [-0.2, 0) is 15.6 Å². The molecule has 0 saturated carbocycles. The molecular weight excluding hydrogens is 587 g/mol. The summed E-state index contributed by atoms with van der Waals surface area (Å²) in [5.41, 5.74) is 11.3. The van der Waals surface area contributed by atoms with E-state index in [4.69, 9.17) is 4.74 Å². The fourth-order valence-corrected chi connectivity index (χ4v) is 22.1. The Morgan fingerprint density at radius 2 is 1.79 bits per heavy atom. The van der Waals surface area contributed by atoms with Gasteiger partial charge >= 0.3 is 221 Å². The van der Waals surface area contributed by atoms with E-state index in [2.05, 4.69) is 112 Å². The van der Waals surface area contributed by atoms with Crippen LogP contribution in [0.1, 0.15) is 51.7 Å². The number of allylic oxidation sites excluding steroid dienone is 1. The average Bonchev–Trinajstić information content (AvgIpc) is 3.57. The van der Waals surface area contributed by atoms with Crippen LogP contribution in [0.3, 0.4) is 0 Å². The van der Waals surface area contributed by atoms with Gasteiger partial charge in [-0.25, -0.2) is 0 Å². The predicted octanol–water partition coefficient (Wildman–Crippen LogP) is 6.08. The minimum atomic E-state index is -1.01. The first kappa shape index (κ1) is 24.7. The molecule has 2 aromatic carbocycles. The number of nitrogens with zero attached hydrogens (tertiary/aromatic N) is 2. The number of hydrogen-bond donors (Lipinski definition) is 1. The minimum absolute atomic E-state index is 0.0236. The van der Waals surface area contributed by atoms with Crippen LogP contribution >= 0.6 is 32.7 Å². The summed E-state index contributed by atoms with van der Waals surface area (Å²) in [5, 5.41) is 0. The van der Waals surface area contributed by atoms with E-state index in [0.717, 1.165) is 30.8 Å². The molecule has 0 spiro atoms. The molecule has 0 bridgehead atoms. The van der Waals surface area contributed by atoms with Crippen molar-refractivity contribution in [2.75, 3.05) is 29.5 Å². The van der Waals surface area contributed by atoms with E-state index in [-0.39, 0.29) is 23.0 Å². The molecular formula is C31H34AsN2OS3+. The summed E-state index contributed by atoms with van der Waals surface area (Å²) in [5.74, 6) is 2.65. The Labute approximate surface area is 242 Å². The summed E-state index contributed by atoms with van der Waals surface area (Å²) in [6.45, 7) is 11.7. The molecule has 7 heteroatoms. The SMILES string of the molecule is CC1(C)C2=C3C=C4C5=[N+](CCC4OC3CCN2c2ccc([As]3SCCS3)cc21)c1ccc(S)cc1C5(C)C. The van der Waals surface area contributed by atoms with Gasteiger partial charge in [-0.15, -0.1) is 12.6 Å². The standard InChI is InChI=1S/C31H33AsN2OS3/c1-30(2)22-15-18(32-37-13-14-38-32)5-7-24(22)33-11-9-26-20(28(30)33)17-21-27(35-26)10-12-34-25-8-6-19(36)16-23(25)31(3,4)29(21)34/h5-8,15-17,26-27H,9-14H2,1-4H3/p+1. The van der Waals surface area contributed by atoms with E-state index in [1.807, 2.05) is 0 Å². The molecule has 6 aliphatic rings. The van der Waals surface area contributed by atoms with E-state index in [0.29, 0.717) is 0 Å². The normalized spacial score (nSPS) is 28.4. The first-order valence-electron chi connectivity index (χ1n) is 13.8. The van der Waals surface area contributed by atoms with E-state index < -0.39 is 12.3 Å². The van der Waals surface area contributed by atoms with Gasteiger partial charge in [-0.3, -0.25) is 0 Å². The molecule has 2 aromatic rings. The Morgan fingerprint density at radius 3 is 2.61 bits per heavy atom. The van der Waals surface area contributed by atoms with Gasteiger partial charge in [0.05, 0.1) is 0 Å². The second kappa shape index (κ2) is 8.49. The molecule has 2 unspecified atom stereocenters. The number of thiol groups is 1. The predicted molar refractivity (Wildman–Crippen MR) is 167 cm³/mol. The molecule has 196 valence electrons. The van der Waals surface area contributed by atoms with Crippen molar-refractivity contribution in [1.82, 2.24) is 0 Å². The van der Waals surface area contributed by atoms with Crippen molar-refractivity contribution in [3.63, 3.8) is 0 Å². The van der Waals surface area contributed by atoms with Crippen molar-refractivity contribution in [1.29, 1.82) is 0 Å². The number of rotatable bonds is 1. The molecule has 3 nitrogen and oxygen atoms in total. The molecule has 0 amide bonds. The molecule has 38 heavy (non-hydrogen) atoms. The Kier molecular flexibility index (Phi) is 5.52. The van der Waals surface area contributed by atoms with Crippen LogP contribution in [0.25, 0.3) is 0 Å². The second-order valence-corrected chi connectivity index (χ2v) is 24.6. The summed E-state index contributed by atoms with van der Waals surface area (Å²) in [7, 11) is 4.49. The third-order valence-electron chi connectivity index (χ3n) is 9.43.